The molecule has 1 amide bonds. The van der Waals surface area contributed by atoms with Gasteiger partial charge in [0.05, 0.1) is 10.9 Å². The average Bonchev–Trinajstić information content (AvgIpc) is 2.73. The maximum atomic E-state index is 13.6. The third-order valence-electron chi connectivity index (χ3n) is 7.39. The predicted molar refractivity (Wildman–Crippen MR) is 117 cm³/mol. The van der Waals surface area contributed by atoms with Crippen LogP contribution in [0.25, 0.3) is 0 Å². The summed E-state index contributed by atoms with van der Waals surface area (Å²) in [6.07, 6.45) is 9.35. The lowest BCUT2D eigenvalue weighted by Gasteiger charge is -2.54. The molecule has 6 nitrogen and oxygen atoms in total. The van der Waals surface area contributed by atoms with Crippen LogP contribution in [-0.4, -0.2) is 55.2 Å². The Morgan fingerprint density at radius 3 is 2.67 bits per heavy atom. The van der Waals surface area contributed by atoms with Crippen LogP contribution in [0.2, 0.25) is 0 Å². The summed E-state index contributed by atoms with van der Waals surface area (Å²) < 4.78 is 29.0. The second-order valence-corrected chi connectivity index (χ2v) is 11.2. The molecule has 3 heterocycles. The van der Waals surface area contributed by atoms with Crippen molar-refractivity contribution in [3.8, 4) is 0 Å². The number of hydrogen-bond acceptors (Lipinski definition) is 4. The van der Waals surface area contributed by atoms with E-state index in [1.165, 1.54) is 31.8 Å². The molecule has 7 heteroatoms. The minimum absolute atomic E-state index is 0.00195. The Hall–Kier alpha value is -1.70. The molecular weight excluding hydrogens is 398 g/mol. The highest BCUT2D eigenvalue weighted by atomic mass is 32.2. The Morgan fingerprint density at radius 2 is 1.90 bits per heavy atom. The van der Waals surface area contributed by atoms with E-state index in [9.17, 15) is 13.2 Å². The van der Waals surface area contributed by atoms with Gasteiger partial charge in [-0.1, -0.05) is 18.1 Å². The van der Waals surface area contributed by atoms with Gasteiger partial charge in [0.25, 0.3) is 0 Å². The zero-order valence-corrected chi connectivity index (χ0v) is 18.4. The summed E-state index contributed by atoms with van der Waals surface area (Å²) in [4.78, 5) is 14.2. The molecule has 0 unspecified atom stereocenters. The highest BCUT2D eigenvalue weighted by Gasteiger charge is 2.48. The number of nitrogens with one attached hydrogen (secondary N) is 1. The topological polar surface area (TPSA) is 69.7 Å². The van der Waals surface area contributed by atoms with Crippen LogP contribution in [0.4, 0.5) is 5.69 Å². The van der Waals surface area contributed by atoms with E-state index >= 15 is 0 Å². The molecule has 0 saturated carbocycles. The number of rotatable bonds is 3. The number of carbonyl (C=O) groups is 1. The molecule has 4 atom stereocenters. The Balaban J connectivity index is 1.44. The molecule has 1 aliphatic carbocycles. The van der Waals surface area contributed by atoms with Gasteiger partial charge in [0.2, 0.25) is 15.9 Å². The number of fused-ring (bicyclic) bond motifs is 6. The molecule has 30 heavy (non-hydrogen) atoms. The molecule has 2 bridgehead atoms. The van der Waals surface area contributed by atoms with Gasteiger partial charge in [-0.05, 0) is 74.8 Å². The molecule has 5 rings (SSSR count). The minimum atomic E-state index is -3.58. The predicted octanol–water partition coefficient (Wildman–Crippen LogP) is 3.23. The first-order chi connectivity index (χ1) is 14.4. The van der Waals surface area contributed by atoms with Gasteiger partial charge < -0.3 is 5.32 Å². The number of carbonyl (C=O) groups excluding carboxylic acids is 1. The average molecular weight is 430 g/mol. The maximum absolute atomic E-state index is 13.6. The molecule has 0 aromatic heterocycles. The van der Waals surface area contributed by atoms with E-state index < -0.39 is 10.0 Å². The van der Waals surface area contributed by atoms with Crippen molar-refractivity contribution in [2.24, 2.45) is 11.8 Å². The van der Waals surface area contributed by atoms with Gasteiger partial charge in [0, 0.05) is 31.7 Å². The van der Waals surface area contributed by atoms with Gasteiger partial charge in [0.15, 0.2) is 0 Å². The smallest absolute Gasteiger partial charge is 0.243 e. The SMILES string of the molecule is CC(=O)Nc1ccc(S(=O)(=O)N2CCCC3=C[C@@H]4C[C@H](CN5CCCC[C@H]45)[C@@H]32)cc1. The quantitative estimate of drug-likeness (QED) is 0.749. The number of nitrogens with zero attached hydrogens (tertiary/aromatic N) is 2. The molecule has 3 fully saturated rings. The fourth-order valence-electron chi connectivity index (χ4n) is 6.24. The first-order valence-corrected chi connectivity index (χ1v) is 12.7. The number of sulfonamides is 1. The zero-order valence-electron chi connectivity index (χ0n) is 17.6. The van der Waals surface area contributed by atoms with E-state index in [-0.39, 0.29) is 11.9 Å². The van der Waals surface area contributed by atoms with Crippen molar-refractivity contribution in [1.29, 1.82) is 0 Å². The van der Waals surface area contributed by atoms with Crippen LogP contribution in [0.15, 0.2) is 40.8 Å². The van der Waals surface area contributed by atoms with Crippen LogP contribution < -0.4 is 5.32 Å². The van der Waals surface area contributed by atoms with Gasteiger partial charge in [-0.2, -0.15) is 4.31 Å². The van der Waals surface area contributed by atoms with Crippen molar-refractivity contribution in [3.63, 3.8) is 0 Å². The number of hydrogen-bond donors (Lipinski definition) is 1. The van der Waals surface area contributed by atoms with Gasteiger partial charge in [-0.25, -0.2) is 8.42 Å². The third kappa shape index (κ3) is 3.51. The van der Waals surface area contributed by atoms with E-state index in [1.807, 2.05) is 0 Å². The van der Waals surface area contributed by atoms with Gasteiger partial charge in [0.1, 0.15) is 0 Å². The molecule has 1 aromatic rings. The van der Waals surface area contributed by atoms with Crippen molar-refractivity contribution < 1.29 is 13.2 Å². The van der Waals surface area contributed by atoms with E-state index in [4.69, 9.17) is 0 Å². The summed E-state index contributed by atoms with van der Waals surface area (Å²) in [7, 11) is -3.58. The fraction of sp³-hybridized carbons (Fsp3) is 0.609. The summed E-state index contributed by atoms with van der Waals surface area (Å²) in [6.45, 7) is 4.21. The van der Waals surface area contributed by atoms with Crippen LogP contribution in [0.3, 0.4) is 0 Å². The van der Waals surface area contributed by atoms with Gasteiger partial charge in [-0.3, -0.25) is 9.69 Å². The molecule has 3 saturated heterocycles. The number of piperidine rings is 3. The summed E-state index contributed by atoms with van der Waals surface area (Å²) in [6, 6.07) is 7.24. The molecule has 0 radical (unpaired) electrons. The van der Waals surface area contributed by atoms with Gasteiger partial charge in [-0.15, -0.1) is 0 Å². The monoisotopic (exact) mass is 429 g/mol. The summed E-state index contributed by atoms with van der Waals surface area (Å²) in [5.41, 5.74) is 1.97. The Morgan fingerprint density at radius 1 is 1.10 bits per heavy atom. The number of anilines is 1. The van der Waals surface area contributed by atoms with Crippen LogP contribution in [0, 0.1) is 11.8 Å². The van der Waals surface area contributed by atoms with Crippen molar-refractivity contribution >= 4 is 21.6 Å². The fourth-order valence-corrected chi connectivity index (χ4v) is 7.97. The molecule has 1 N–H and O–H groups in total. The van der Waals surface area contributed by atoms with Gasteiger partial charge >= 0.3 is 0 Å². The van der Waals surface area contributed by atoms with Crippen molar-refractivity contribution in [3.05, 3.63) is 35.9 Å². The lowest BCUT2D eigenvalue weighted by Crippen LogP contribution is -2.59. The lowest BCUT2D eigenvalue weighted by molar-refractivity contribution is -0.114. The Labute approximate surface area is 179 Å². The van der Waals surface area contributed by atoms with Crippen molar-refractivity contribution in [2.75, 3.05) is 25.0 Å². The van der Waals surface area contributed by atoms with Crippen LogP contribution >= 0.6 is 0 Å². The molecule has 162 valence electrons. The first kappa shape index (κ1) is 20.2. The molecule has 1 aromatic carbocycles. The molecule has 4 aliphatic rings. The van der Waals surface area contributed by atoms with Crippen molar-refractivity contribution in [1.82, 2.24) is 9.21 Å². The van der Waals surface area contributed by atoms with E-state index in [1.54, 1.807) is 28.6 Å². The van der Waals surface area contributed by atoms with Crippen LogP contribution in [-0.2, 0) is 14.8 Å². The highest BCUT2D eigenvalue weighted by Crippen LogP contribution is 2.46. The second kappa shape index (κ2) is 7.77. The van der Waals surface area contributed by atoms with Crippen molar-refractivity contribution in [2.45, 2.75) is 62.4 Å². The minimum Gasteiger partial charge on any atom is -0.326 e. The molecule has 0 spiro atoms. The number of amides is 1. The van der Waals surface area contributed by atoms with E-state index in [2.05, 4.69) is 16.3 Å². The standard InChI is InChI=1S/C23H31N3O3S/c1-16(27)24-20-7-9-21(10-8-20)30(28,29)26-12-4-5-17-13-18-14-19(23(17)26)15-25-11-3-2-6-22(18)25/h7-10,13,18-19,22-23H,2-6,11-12,14-15H2,1H3,(H,24,27)/t18-,19-,22-,23-/m1/s1. The van der Waals surface area contributed by atoms with E-state index in [0.29, 0.717) is 35.0 Å². The first-order valence-electron chi connectivity index (χ1n) is 11.3. The number of benzene rings is 1. The van der Waals surface area contributed by atoms with Crippen LogP contribution in [0.5, 0.6) is 0 Å². The zero-order chi connectivity index (χ0) is 20.9. The lowest BCUT2D eigenvalue weighted by atomic mass is 9.68. The normalized spacial score (nSPS) is 32.0. The molecule has 3 aliphatic heterocycles. The largest absolute Gasteiger partial charge is 0.326 e. The van der Waals surface area contributed by atoms with Crippen LogP contribution in [0.1, 0.15) is 45.4 Å². The summed E-state index contributed by atoms with van der Waals surface area (Å²) in [5.74, 6) is 0.814. The maximum Gasteiger partial charge on any atom is 0.243 e. The summed E-state index contributed by atoms with van der Waals surface area (Å²) >= 11 is 0. The second-order valence-electron chi connectivity index (χ2n) is 9.33. The third-order valence-corrected chi connectivity index (χ3v) is 9.29. The highest BCUT2D eigenvalue weighted by molar-refractivity contribution is 7.89. The Kier molecular flexibility index (Phi) is 5.24. The molecular formula is C23H31N3O3S. The van der Waals surface area contributed by atoms with E-state index in [0.717, 1.165) is 32.4 Å². The Bertz CT molecular complexity index is 956. The summed E-state index contributed by atoms with van der Waals surface area (Å²) in [5, 5.41) is 2.70.